The van der Waals surface area contributed by atoms with E-state index in [0.29, 0.717) is 5.82 Å². The highest BCUT2D eigenvalue weighted by atomic mass is 16.3. The number of aliphatic hydroxyl groups is 2. The first-order valence-corrected chi connectivity index (χ1v) is 14.1. The maximum atomic E-state index is 12.1. The molecule has 0 amide bonds. The number of aliphatic hydroxyl groups excluding tert-OH is 1. The minimum Gasteiger partial charge on any atom is -0.388 e. The van der Waals surface area contributed by atoms with Crippen LogP contribution < -0.4 is 0 Å². The number of H-pyrrole nitrogens is 1. The van der Waals surface area contributed by atoms with Crippen molar-refractivity contribution in [3.05, 3.63) is 113 Å². The van der Waals surface area contributed by atoms with E-state index >= 15 is 0 Å². The Balaban J connectivity index is 1.11. The number of aromatic amines is 1. The lowest BCUT2D eigenvalue weighted by molar-refractivity contribution is -0.0146. The number of hydrogen-bond acceptors (Lipinski definition) is 6. The lowest BCUT2D eigenvalue weighted by Gasteiger charge is -2.42. The van der Waals surface area contributed by atoms with Crippen LogP contribution in [0.3, 0.4) is 0 Å². The molecular formula is C32H39N5O2. The van der Waals surface area contributed by atoms with Crippen molar-refractivity contribution < 1.29 is 10.2 Å². The van der Waals surface area contributed by atoms with Crippen molar-refractivity contribution >= 4 is 0 Å². The van der Waals surface area contributed by atoms with E-state index in [9.17, 15) is 10.2 Å². The number of benzene rings is 3. The van der Waals surface area contributed by atoms with E-state index in [4.69, 9.17) is 0 Å². The SMILES string of the molecule is CC(Cc1nn[nH]n1)c1ccc(C(O)CCCN2CCC(C(O)(c3ccccc3)c3ccccc3)CC2)cc1. The molecule has 2 heterocycles. The van der Waals surface area contributed by atoms with Gasteiger partial charge in [0.1, 0.15) is 5.60 Å². The maximum absolute atomic E-state index is 12.1. The van der Waals surface area contributed by atoms with Crippen LogP contribution in [-0.2, 0) is 12.0 Å². The van der Waals surface area contributed by atoms with Gasteiger partial charge in [-0.2, -0.15) is 5.21 Å². The van der Waals surface area contributed by atoms with Crippen molar-refractivity contribution in [3.63, 3.8) is 0 Å². The number of rotatable bonds is 11. The van der Waals surface area contributed by atoms with Gasteiger partial charge in [0.15, 0.2) is 5.82 Å². The van der Waals surface area contributed by atoms with Crippen molar-refractivity contribution in [2.24, 2.45) is 5.92 Å². The average molecular weight is 526 g/mol. The lowest BCUT2D eigenvalue weighted by atomic mass is 9.72. The first-order chi connectivity index (χ1) is 19.0. The second-order valence-corrected chi connectivity index (χ2v) is 10.9. The number of likely N-dealkylation sites (tertiary alicyclic amines) is 1. The fourth-order valence-electron chi connectivity index (χ4n) is 5.98. The smallest absolute Gasteiger partial charge is 0.175 e. The highest BCUT2D eigenvalue weighted by Crippen LogP contribution is 2.42. The normalized spacial score (nSPS) is 16.7. The zero-order chi connectivity index (χ0) is 27.1. The molecule has 2 atom stereocenters. The predicted molar refractivity (Wildman–Crippen MR) is 152 cm³/mol. The molecule has 0 spiro atoms. The van der Waals surface area contributed by atoms with E-state index in [0.717, 1.165) is 68.4 Å². The van der Waals surface area contributed by atoms with Crippen LogP contribution in [0.1, 0.15) is 72.7 Å². The number of nitrogens with one attached hydrogen (secondary N) is 1. The Bertz CT molecular complexity index is 1220. The van der Waals surface area contributed by atoms with Gasteiger partial charge in [-0.15, -0.1) is 10.2 Å². The van der Waals surface area contributed by atoms with E-state index in [1.165, 1.54) is 5.56 Å². The first kappa shape index (κ1) is 27.2. The van der Waals surface area contributed by atoms with Crippen molar-refractivity contribution in [3.8, 4) is 0 Å². The molecule has 0 radical (unpaired) electrons. The molecular weight excluding hydrogens is 486 g/mol. The monoisotopic (exact) mass is 525 g/mol. The minimum atomic E-state index is -0.986. The molecule has 204 valence electrons. The molecule has 39 heavy (non-hydrogen) atoms. The van der Waals surface area contributed by atoms with Crippen LogP contribution in [0.5, 0.6) is 0 Å². The third kappa shape index (κ3) is 6.44. The zero-order valence-corrected chi connectivity index (χ0v) is 22.7. The van der Waals surface area contributed by atoms with Crippen LogP contribution in [0.25, 0.3) is 0 Å². The fraction of sp³-hybridized carbons (Fsp3) is 0.406. The van der Waals surface area contributed by atoms with Crippen LogP contribution in [-0.4, -0.2) is 55.4 Å². The fourth-order valence-corrected chi connectivity index (χ4v) is 5.98. The van der Waals surface area contributed by atoms with E-state index < -0.39 is 11.7 Å². The summed E-state index contributed by atoms with van der Waals surface area (Å²) in [7, 11) is 0. The second kappa shape index (κ2) is 12.6. The van der Waals surface area contributed by atoms with Crippen LogP contribution in [0, 0.1) is 5.92 Å². The van der Waals surface area contributed by atoms with Gasteiger partial charge in [-0.3, -0.25) is 0 Å². The Kier molecular flexibility index (Phi) is 8.81. The molecule has 1 saturated heterocycles. The molecule has 0 bridgehead atoms. The molecule has 1 aliphatic rings. The molecule has 4 aromatic rings. The van der Waals surface area contributed by atoms with Gasteiger partial charge in [0.2, 0.25) is 0 Å². The summed E-state index contributed by atoms with van der Waals surface area (Å²) in [6.45, 7) is 5.01. The Morgan fingerprint density at radius 2 is 1.49 bits per heavy atom. The summed E-state index contributed by atoms with van der Waals surface area (Å²) in [5.41, 5.74) is 3.10. The van der Waals surface area contributed by atoms with E-state index in [1.807, 2.05) is 72.8 Å². The molecule has 7 nitrogen and oxygen atoms in total. The third-order valence-corrected chi connectivity index (χ3v) is 8.33. The summed E-state index contributed by atoms with van der Waals surface area (Å²) in [4.78, 5) is 2.47. The highest BCUT2D eigenvalue weighted by molar-refractivity contribution is 5.37. The van der Waals surface area contributed by atoms with E-state index in [2.05, 4.69) is 44.6 Å². The standard InChI is InChI=1S/C32H39N5O2/c1-24(23-31-33-35-36-34-31)25-14-16-26(17-15-25)30(38)13-8-20-37-21-18-29(19-22-37)32(39,27-9-4-2-5-10-27)28-11-6-3-7-12-28/h2-7,9-12,14-17,24,29-30,38-39H,8,13,18-23H2,1H3,(H,33,34,35,36). The van der Waals surface area contributed by atoms with E-state index in [1.54, 1.807) is 0 Å². The van der Waals surface area contributed by atoms with Gasteiger partial charge < -0.3 is 15.1 Å². The molecule has 1 aromatic heterocycles. The number of tetrazole rings is 1. The summed E-state index contributed by atoms with van der Waals surface area (Å²) < 4.78 is 0. The van der Waals surface area contributed by atoms with Crippen LogP contribution >= 0.6 is 0 Å². The number of piperidine rings is 1. The number of hydrogen-bond donors (Lipinski definition) is 3. The van der Waals surface area contributed by atoms with E-state index in [-0.39, 0.29) is 11.8 Å². The van der Waals surface area contributed by atoms with Crippen LogP contribution in [0.4, 0.5) is 0 Å². The lowest BCUT2D eigenvalue weighted by Crippen LogP contribution is -2.44. The summed E-state index contributed by atoms with van der Waals surface area (Å²) in [6.07, 6.45) is 3.80. The molecule has 2 unspecified atom stereocenters. The molecule has 3 N–H and O–H groups in total. The maximum Gasteiger partial charge on any atom is 0.175 e. The van der Waals surface area contributed by atoms with Gasteiger partial charge in [-0.25, -0.2) is 0 Å². The molecule has 0 aliphatic carbocycles. The van der Waals surface area contributed by atoms with Gasteiger partial charge in [0, 0.05) is 6.42 Å². The topological polar surface area (TPSA) is 98.2 Å². The summed E-state index contributed by atoms with van der Waals surface area (Å²) in [6, 6.07) is 28.5. The van der Waals surface area contributed by atoms with Crippen molar-refractivity contribution in [1.29, 1.82) is 0 Å². The largest absolute Gasteiger partial charge is 0.388 e. The number of nitrogens with zero attached hydrogens (tertiary/aromatic N) is 4. The summed E-state index contributed by atoms with van der Waals surface area (Å²) >= 11 is 0. The summed E-state index contributed by atoms with van der Waals surface area (Å²) in [5.74, 6) is 1.14. The Morgan fingerprint density at radius 3 is 2.05 bits per heavy atom. The zero-order valence-electron chi connectivity index (χ0n) is 22.7. The predicted octanol–water partition coefficient (Wildman–Crippen LogP) is 5.01. The summed E-state index contributed by atoms with van der Waals surface area (Å²) in [5, 5.41) is 37.1. The van der Waals surface area contributed by atoms with Crippen molar-refractivity contribution in [2.45, 2.75) is 56.7 Å². The average Bonchev–Trinajstić information content (AvgIpc) is 3.51. The minimum absolute atomic E-state index is 0.158. The Hall–Kier alpha value is -3.39. The first-order valence-electron chi connectivity index (χ1n) is 14.1. The van der Waals surface area contributed by atoms with Gasteiger partial charge >= 0.3 is 0 Å². The van der Waals surface area contributed by atoms with Crippen LogP contribution in [0.15, 0.2) is 84.9 Å². The molecule has 3 aromatic carbocycles. The van der Waals surface area contributed by atoms with Gasteiger partial charge in [0.05, 0.1) is 6.10 Å². The highest BCUT2D eigenvalue weighted by Gasteiger charge is 2.41. The molecule has 7 heteroatoms. The Morgan fingerprint density at radius 1 is 0.897 bits per heavy atom. The van der Waals surface area contributed by atoms with Gasteiger partial charge in [-0.05, 0) is 79.4 Å². The molecule has 0 saturated carbocycles. The second-order valence-electron chi connectivity index (χ2n) is 10.9. The quantitative estimate of drug-likeness (QED) is 0.255. The van der Waals surface area contributed by atoms with Crippen molar-refractivity contribution in [2.75, 3.05) is 19.6 Å². The van der Waals surface area contributed by atoms with Gasteiger partial charge in [-0.1, -0.05) is 97.1 Å². The van der Waals surface area contributed by atoms with Gasteiger partial charge in [0.25, 0.3) is 0 Å². The van der Waals surface area contributed by atoms with Crippen molar-refractivity contribution in [1.82, 2.24) is 25.5 Å². The molecule has 1 fully saturated rings. The Labute approximate surface area is 230 Å². The molecule has 5 rings (SSSR count). The number of aromatic nitrogens is 4. The third-order valence-electron chi connectivity index (χ3n) is 8.33. The molecule has 1 aliphatic heterocycles. The van der Waals surface area contributed by atoms with Crippen LogP contribution in [0.2, 0.25) is 0 Å².